The highest BCUT2D eigenvalue weighted by Gasteiger charge is 2.29. The molecule has 138 valence electrons. The van der Waals surface area contributed by atoms with Crippen LogP contribution in [0.4, 0.5) is 0 Å². The second-order valence-electron chi connectivity index (χ2n) is 6.05. The Morgan fingerprint density at radius 3 is 2.56 bits per heavy atom. The lowest BCUT2D eigenvalue weighted by atomic mass is 9.97. The number of aliphatic carboxylic acids is 1. The van der Waals surface area contributed by atoms with Crippen molar-refractivity contribution in [2.45, 2.75) is 31.6 Å². The van der Waals surface area contributed by atoms with E-state index < -0.39 is 21.9 Å². The number of rotatable bonds is 6. The highest BCUT2D eigenvalue weighted by atomic mass is 32.2. The Morgan fingerprint density at radius 1 is 1.28 bits per heavy atom. The average molecular weight is 368 g/mol. The van der Waals surface area contributed by atoms with E-state index in [9.17, 15) is 18.0 Å². The van der Waals surface area contributed by atoms with Gasteiger partial charge in [0.2, 0.25) is 10.0 Å². The Labute approximate surface area is 148 Å². The molecule has 0 aliphatic carbocycles. The summed E-state index contributed by atoms with van der Waals surface area (Å²) in [5, 5.41) is 9.15. The van der Waals surface area contributed by atoms with Gasteiger partial charge in [0, 0.05) is 31.7 Å². The summed E-state index contributed by atoms with van der Waals surface area (Å²) in [4.78, 5) is 25.4. The summed E-state index contributed by atoms with van der Waals surface area (Å²) >= 11 is 0. The first kappa shape index (κ1) is 19.4. The van der Waals surface area contributed by atoms with Crippen LogP contribution in [0.25, 0.3) is 0 Å². The number of benzene rings is 1. The third-order valence-electron chi connectivity index (χ3n) is 4.48. The van der Waals surface area contributed by atoms with Crippen LogP contribution in [0, 0.1) is 5.92 Å². The van der Waals surface area contributed by atoms with Crippen LogP contribution in [-0.4, -0.2) is 60.8 Å². The highest BCUT2D eigenvalue weighted by Crippen LogP contribution is 2.21. The third kappa shape index (κ3) is 4.19. The summed E-state index contributed by atoms with van der Waals surface area (Å²) in [6.07, 6.45) is 1.18. The second-order valence-corrected chi connectivity index (χ2v) is 7.98. The van der Waals surface area contributed by atoms with E-state index in [1.54, 1.807) is 26.0 Å². The van der Waals surface area contributed by atoms with E-state index in [-0.39, 0.29) is 22.9 Å². The van der Waals surface area contributed by atoms with Gasteiger partial charge in [-0.05, 0) is 31.0 Å². The van der Waals surface area contributed by atoms with Gasteiger partial charge in [0.25, 0.3) is 5.91 Å². The van der Waals surface area contributed by atoms with Gasteiger partial charge >= 0.3 is 5.97 Å². The molecule has 1 amide bonds. The first-order valence-corrected chi connectivity index (χ1v) is 9.87. The molecule has 2 rings (SSSR count). The zero-order valence-electron chi connectivity index (χ0n) is 14.5. The molecule has 1 aromatic rings. The van der Waals surface area contributed by atoms with Gasteiger partial charge in [-0.3, -0.25) is 9.59 Å². The smallest absolute Gasteiger partial charge is 0.308 e. The number of carboxylic acids is 1. The van der Waals surface area contributed by atoms with E-state index in [0.717, 1.165) is 0 Å². The normalized spacial score (nSPS) is 18.4. The minimum absolute atomic E-state index is 0.0776. The molecule has 0 radical (unpaired) electrons. The molecule has 8 heteroatoms. The summed E-state index contributed by atoms with van der Waals surface area (Å²) in [6, 6.07) is 5.96. The number of nitrogens with zero attached hydrogens (tertiary/aromatic N) is 2. The molecule has 0 spiro atoms. The predicted octanol–water partition coefficient (Wildman–Crippen LogP) is 1.65. The molecule has 7 nitrogen and oxygen atoms in total. The first-order chi connectivity index (χ1) is 11.8. The SMILES string of the molecule is CCN(CC)S(=O)(=O)c1cccc(C(=O)N2CCCC(C(=O)O)C2)c1. The lowest BCUT2D eigenvalue weighted by molar-refractivity contribution is -0.143. The number of hydrogen-bond donors (Lipinski definition) is 1. The molecule has 1 N–H and O–H groups in total. The van der Waals surface area contributed by atoms with Crippen molar-refractivity contribution >= 4 is 21.9 Å². The van der Waals surface area contributed by atoms with E-state index >= 15 is 0 Å². The fraction of sp³-hybridized carbons (Fsp3) is 0.529. The third-order valence-corrected chi connectivity index (χ3v) is 6.53. The van der Waals surface area contributed by atoms with Crippen LogP contribution < -0.4 is 0 Å². The Hall–Kier alpha value is -1.93. The maximum absolute atomic E-state index is 12.7. The van der Waals surface area contributed by atoms with Crippen LogP contribution in [0.5, 0.6) is 0 Å². The van der Waals surface area contributed by atoms with Crippen molar-refractivity contribution in [1.82, 2.24) is 9.21 Å². The lowest BCUT2D eigenvalue weighted by Gasteiger charge is -2.30. The molecular formula is C17H24N2O5S. The van der Waals surface area contributed by atoms with Crippen molar-refractivity contribution in [2.75, 3.05) is 26.2 Å². The largest absolute Gasteiger partial charge is 0.481 e. The molecule has 1 unspecified atom stereocenters. The topological polar surface area (TPSA) is 95.0 Å². The van der Waals surface area contributed by atoms with Crippen molar-refractivity contribution in [3.63, 3.8) is 0 Å². The maximum Gasteiger partial charge on any atom is 0.308 e. The minimum atomic E-state index is -3.64. The van der Waals surface area contributed by atoms with Gasteiger partial charge in [-0.2, -0.15) is 4.31 Å². The summed E-state index contributed by atoms with van der Waals surface area (Å²) in [5.41, 5.74) is 0.263. The van der Waals surface area contributed by atoms with Gasteiger partial charge in [0.15, 0.2) is 0 Å². The van der Waals surface area contributed by atoms with E-state index in [1.807, 2.05) is 0 Å². The average Bonchev–Trinajstić information content (AvgIpc) is 2.62. The number of likely N-dealkylation sites (tertiary alicyclic amines) is 1. The molecule has 1 atom stereocenters. The zero-order chi connectivity index (χ0) is 18.6. The number of carboxylic acid groups (broad SMARTS) is 1. The zero-order valence-corrected chi connectivity index (χ0v) is 15.3. The Bertz CT molecular complexity index is 743. The van der Waals surface area contributed by atoms with Crippen molar-refractivity contribution in [2.24, 2.45) is 5.92 Å². The number of sulfonamides is 1. The predicted molar refractivity (Wildman–Crippen MR) is 92.8 cm³/mol. The van der Waals surface area contributed by atoms with Crippen LogP contribution in [-0.2, 0) is 14.8 Å². The molecule has 1 aliphatic heterocycles. The summed E-state index contributed by atoms with van der Waals surface area (Å²) in [7, 11) is -3.64. The Morgan fingerprint density at radius 2 is 1.96 bits per heavy atom. The van der Waals surface area contributed by atoms with Crippen molar-refractivity contribution in [3.8, 4) is 0 Å². The molecule has 25 heavy (non-hydrogen) atoms. The van der Waals surface area contributed by atoms with Gasteiger partial charge < -0.3 is 10.0 Å². The molecule has 1 heterocycles. The molecule has 1 saturated heterocycles. The highest BCUT2D eigenvalue weighted by molar-refractivity contribution is 7.89. The Kier molecular flexibility index (Phi) is 6.18. The second kappa shape index (κ2) is 7.97. The van der Waals surface area contributed by atoms with Crippen molar-refractivity contribution in [1.29, 1.82) is 0 Å². The number of carbonyl (C=O) groups is 2. The molecular weight excluding hydrogens is 344 g/mol. The van der Waals surface area contributed by atoms with E-state index in [4.69, 9.17) is 5.11 Å². The van der Waals surface area contributed by atoms with Gasteiger partial charge in [0.05, 0.1) is 10.8 Å². The van der Waals surface area contributed by atoms with Crippen LogP contribution >= 0.6 is 0 Å². The van der Waals surface area contributed by atoms with Gasteiger partial charge in [-0.25, -0.2) is 8.42 Å². The van der Waals surface area contributed by atoms with Gasteiger partial charge in [-0.1, -0.05) is 19.9 Å². The molecule has 1 aromatic carbocycles. The van der Waals surface area contributed by atoms with Crippen LogP contribution in [0.15, 0.2) is 29.2 Å². The number of hydrogen-bond acceptors (Lipinski definition) is 4. The van der Waals surface area contributed by atoms with Gasteiger partial charge in [0.1, 0.15) is 0 Å². The quantitative estimate of drug-likeness (QED) is 0.824. The fourth-order valence-corrected chi connectivity index (χ4v) is 4.55. The van der Waals surface area contributed by atoms with Crippen LogP contribution in [0.1, 0.15) is 37.0 Å². The summed E-state index contributed by atoms with van der Waals surface area (Å²) in [6.45, 7) is 4.86. The summed E-state index contributed by atoms with van der Waals surface area (Å²) < 4.78 is 26.6. The molecule has 0 aromatic heterocycles. The lowest BCUT2D eigenvalue weighted by Crippen LogP contribution is -2.42. The number of carbonyl (C=O) groups excluding carboxylic acids is 1. The van der Waals surface area contributed by atoms with Gasteiger partial charge in [-0.15, -0.1) is 0 Å². The van der Waals surface area contributed by atoms with E-state index in [0.29, 0.717) is 32.5 Å². The molecule has 0 saturated carbocycles. The maximum atomic E-state index is 12.7. The van der Waals surface area contributed by atoms with Crippen molar-refractivity contribution in [3.05, 3.63) is 29.8 Å². The number of amides is 1. The van der Waals surface area contributed by atoms with Crippen LogP contribution in [0.2, 0.25) is 0 Å². The molecule has 1 fully saturated rings. The molecule has 0 bridgehead atoms. The number of piperidine rings is 1. The Balaban J connectivity index is 2.26. The minimum Gasteiger partial charge on any atom is -0.481 e. The summed E-state index contributed by atoms with van der Waals surface area (Å²) in [5.74, 6) is -1.81. The standard InChI is InChI=1S/C17H24N2O5S/c1-3-19(4-2)25(23,24)15-9-5-7-13(11-15)16(20)18-10-6-8-14(12-18)17(21)22/h5,7,9,11,14H,3-4,6,8,10,12H2,1-2H3,(H,21,22). The molecule has 1 aliphatic rings. The monoisotopic (exact) mass is 368 g/mol. The van der Waals surface area contributed by atoms with E-state index in [2.05, 4.69) is 0 Å². The fourth-order valence-electron chi connectivity index (χ4n) is 3.05. The van der Waals surface area contributed by atoms with E-state index in [1.165, 1.54) is 21.3 Å². The van der Waals surface area contributed by atoms with Crippen LogP contribution in [0.3, 0.4) is 0 Å². The van der Waals surface area contributed by atoms with Crippen molar-refractivity contribution < 1.29 is 23.1 Å². The first-order valence-electron chi connectivity index (χ1n) is 8.43.